The van der Waals surface area contributed by atoms with Crippen molar-refractivity contribution in [1.82, 2.24) is 0 Å². The second-order valence-electron chi connectivity index (χ2n) is 8.15. The number of ether oxygens (including phenoxy) is 2. The Morgan fingerprint density at radius 1 is 1.06 bits per heavy atom. The SMILES string of the molecule is CCOC(=O)CCC1CCC1c1cc(Cl)c(OCC(F)(F)F)c(-c2ccc(C(F)(F)F)cc2)c1. The maximum absolute atomic E-state index is 13.0. The minimum atomic E-state index is -4.62. The van der Waals surface area contributed by atoms with E-state index < -0.39 is 24.5 Å². The van der Waals surface area contributed by atoms with Crippen molar-refractivity contribution in [3.05, 3.63) is 52.5 Å². The lowest BCUT2D eigenvalue weighted by molar-refractivity contribution is -0.153. The van der Waals surface area contributed by atoms with Crippen molar-refractivity contribution >= 4 is 17.6 Å². The van der Waals surface area contributed by atoms with E-state index in [1.165, 1.54) is 18.2 Å². The largest absolute Gasteiger partial charge is 0.482 e. The Labute approximate surface area is 198 Å². The highest BCUT2D eigenvalue weighted by molar-refractivity contribution is 6.32. The van der Waals surface area contributed by atoms with E-state index in [-0.39, 0.29) is 46.1 Å². The molecule has 0 amide bonds. The van der Waals surface area contributed by atoms with Crippen molar-refractivity contribution in [2.24, 2.45) is 5.92 Å². The summed E-state index contributed by atoms with van der Waals surface area (Å²) in [6.07, 6.45) is -6.68. The van der Waals surface area contributed by atoms with Crippen molar-refractivity contribution in [3.63, 3.8) is 0 Å². The van der Waals surface area contributed by atoms with Crippen LogP contribution in [0.3, 0.4) is 0 Å². The number of benzene rings is 2. The molecule has 2 unspecified atom stereocenters. The number of carbonyl (C=O) groups excluding carboxylic acids is 1. The molecule has 0 saturated heterocycles. The molecule has 1 saturated carbocycles. The van der Waals surface area contributed by atoms with Gasteiger partial charge in [-0.1, -0.05) is 23.7 Å². The highest BCUT2D eigenvalue weighted by Crippen LogP contribution is 2.49. The predicted octanol–water partition coefficient (Wildman–Crippen LogP) is 7.80. The third kappa shape index (κ3) is 6.58. The van der Waals surface area contributed by atoms with Gasteiger partial charge in [0.2, 0.25) is 0 Å². The average molecular weight is 509 g/mol. The van der Waals surface area contributed by atoms with Crippen molar-refractivity contribution < 1.29 is 40.6 Å². The highest BCUT2D eigenvalue weighted by Gasteiger charge is 2.35. The van der Waals surface area contributed by atoms with Gasteiger partial charge in [-0.2, -0.15) is 26.3 Å². The first-order valence-corrected chi connectivity index (χ1v) is 11.1. The number of hydrogen-bond donors (Lipinski definition) is 0. The first-order chi connectivity index (χ1) is 15.9. The Morgan fingerprint density at radius 3 is 2.26 bits per heavy atom. The summed E-state index contributed by atoms with van der Waals surface area (Å²) in [6, 6.07) is 7.21. The summed E-state index contributed by atoms with van der Waals surface area (Å²) in [6.45, 7) is 0.418. The summed E-state index contributed by atoms with van der Waals surface area (Å²) in [7, 11) is 0. The number of halogens is 7. The van der Waals surface area contributed by atoms with E-state index in [1.807, 2.05) is 0 Å². The van der Waals surface area contributed by atoms with E-state index in [1.54, 1.807) is 13.0 Å². The lowest BCUT2D eigenvalue weighted by atomic mass is 9.68. The molecule has 0 spiro atoms. The van der Waals surface area contributed by atoms with E-state index in [4.69, 9.17) is 21.1 Å². The van der Waals surface area contributed by atoms with Crippen LogP contribution < -0.4 is 4.74 Å². The molecule has 0 aromatic heterocycles. The lowest BCUT2D eigenvalue weighted by Gasteiger charge is -2.37. The molecule has 0 heterocycles. The lowest BCUT2D eigenvalue weighted by Crippen LogP contribution is -2.25. The van der Waals surface area contributed by atoms with Crippen molar-refractivity contribution in [2.45, 2.75) is 50.9 Å². The van der Waals surface area contributed by atoms with Crippen LogP contribution in [0.15, 0.2) is 36.4 Å². The molecule has 0 aliphatic heterocycles. The molecule has 10 heteroatoms. The molecular formula is C24H23ClF6O3. The van der Waals surface area contributed by atoms with Gasteiger partial charge in [0.25, 0.3) is 0 Å². The van der Waals surface area contributed by atoms with Crippen LogP contribution >= 0.6 is 11.6 Å². The number of carbonyl (C=O) groups is 1. The van der Waals surface area contributed by atoms with Crippen LogP contribution in [0.1, 0.15) is 49.7 Å². The van der Waals surface area contributed by atoms with Crippen LogP contribution in [-0.2, 0) is 15.7 Å². The average Bonchev–Trinajstić information content (AvgIpc) is 2.71. The highest BCUT2D eigenvalue weighted by atomic mass is 35.5. The third-order valence-corrected chi connectivity index (χ3v) is 6.12. The van der Waals surface area contributed by atoms with E-state index >= 15 is 0 Å². The molecule has 1 aliphatic carbocycles. The molecule has 2 atom stereocenters. The Kier molecular flexibility index (Phi) is 8.06. The summed E-state index contributed by atoms with van der Waals surface area (Å²) >= 11 is 6.31. The molecule has 34 heavy (non-hydrogen) atoms. The molecule has 0 radical (unpaired) electrons. The van der Waals surface area contributed by atoms with Gasteiger partial charge in [-0.25, -0.2) is 0 Å². The third-order valence-electron chi connectivity index (χ3n) is 5.84. The van der Waals surface area contributed by atoms with Gasteiger partial charge in [-0.3, -0.25) is 4.79 Å². The Balaban J connectivity index is 1.92. The van der Waals surface area contributed by atoms with Crippen LogP contribution in [0.5, 0.6) is 5.75 Å². The standard InChI is InChI=1S/C24H23ClF6O3/c1-2-33-21(32)10-6-14-5-9-18(14)16-11-19(15-3-7-17(8-4-15)24(29,30)31)22(20(25)12-16)34-13-23(26,27)28/h3-4,7-8,11-12,14,18H,2,5-6,9-10,13H2,1H3. The van der Waals surface area contributed by atoms with Gasteiger partial charge in [0, 0.05) is 12.0 Å². The summed E-state index contributed by atoms with van der Waals surface area (Å²) < 4.78 is 87.2. The van der Waals surface area contributed by atoms with Crippen LogP contribution in [0.2, 0.25) is 5.02 Å². The zero-order valence-corrected chi connectivity index (χ0v) is 19.0. The fourth-order valence-electron chi connectivity index (χ4n) is 4.07. The quantitative estimate of drug-likeness (QED) is 0.269. The monoisotopic (exact) mass is 508 g/mol. The van der Waals surface area contributed by atoms with Gasteiger partial charge in [0.15, 0.2) is 6.61 Å². The molecule has 186 valence electrons. The minimum Gasteiger partial charge on any atom is -0.482 e. The Hall–Kier alpha value is -2.42. The maximum Gasteiger partial charge on any atom is 0.422 e. The number of rotatable bonds is 8. The van der Waals surface area contributed by atoms with Gasteiger partial charge in [0.1, 0.15) is 5.75 Å². The van der Waals surface area contributed by atoms with Crippen molar-refractivity contribution in [1.29, 1.82) is 0 Å². The van der Waals surface area contributed by atoms with Crippen LogP contribution in [-0.4, -0.2) is 25.4 Å². The molecule has 1 fully saturated rings. The molecule has 2 aromatic carbocycles. The molecule has 0 bridgehead atoms. The minimum absolute atomic E-state index is 0.0109. The summed E-state index contributed by atoms with van der Waals surface area (Å²) in [5.41, 5.74) is 0.279. The number of alkyl halides is 6. The second-order valence-corrected chi connectivity index (χ2v) is 8.55. The van der Waals surface area contributed by atoms with E-state index in [0.717, 1.165) is 30.5 Å². The normalized spacial score (nSPS) is 18.4. The van der Waals surface area contributed by atoms with E-state index in [0.29, 0.717) is 13.0 Å². The van der Waals surface area contributed by atoms with Gasteiger partial charge < -0.3 is 9.47 Å². The molecule has 3 nitrogen and oxygen atoms in total. The maximum atomic E-state index is 13.0. The first kappa shape index (κ1) is 26.2. The van der Waals surface area contributed by atoms with Crippen LogP contribution in [0.4, 0.5) is 26.3 Å². The summed E-state index contributed by atoms with van der Waals surface area (Å²) in [5, 5.41) is -0.0623. The topological polar surface area (TPSA) is 35.5 Å². The number of hydrogen-bond acceptors (Lipinski definition) is 3. The summed E-state index contributed by atoms with van der Waals surface area (Å²) in [5.74, 6) is -0.378. The molecule has 3 rings (SSSR count). The van der Waals surface area contributed by atoms with Crippen LogP contribution in [0, 0.1) is 5.92 Å². The van der Waals surface area contributed by atoms with Crippen molar-refractivity contribution in [2.75, 3.05) is 13.2 Å². The molecular weight excluding hydrogens is 486 g/mol. The zero-order chi connectivity index (χ0) is 25.1. The Morgan fingerprint density at radius 2 is 1.74 bits per heavy atom. The fourth-order valence-corrected chi connectivity index (χ4v) is 4.35. The van der Waals surface area contributed by atoms with Gasteiger partial charge in [-0.15, -0.1) is 0 Å². The first-order valence-electron chi connectivity index (χ1n) is 10.7. The fraction of sp³-hybridized carbons (Fsp3) is 0.458. The zero-order valence-electron chi connectivity index (χ0n) is 18.2. The molecule has 2 aromatic rings. The van der Waals surface area contributed by atoms with Gasteiger partial charge in [0.05, 0.1) is 17.2 Å². The smallest absolute Gasteiger partial charge is 0.422 e. The number of esters is 1. The molecule has 1 aliphatic rings. The van der Waals surface area contributed by atoms with Crippen LogP contribution in [0.25, 0.3) is 11.1 Å². The van der Waals surface area contributed by atoms with Crippen molar-refractivity contribution in [3.8, 4) is 16.9 Å². The van der Waals surface area contributed by atoms with Gasteiger partial charge in [-0.05, 0) is 73.4 Å². The predicted molar refractivity (Wildman–Crippen MR) is 115 cm³/mol. The van der Waals surface area contributed by atoms with Gasteiger partial charge >= 0.3 is 18.3 Å². The molecule has 0 N–H and O–H groups in total. The second kappa shape index (κ2) is 10.5. The Bertz CT molecular complexity index is 1000. The van der Waals surface area contributed by atoms with E-state index in [9.17, 15) is 31.1 Å². The van der Waals surface area contributed by atoms with E-state index in [2.05, 4.69) is 0 Å². The summed E-state index contributed by atoms with van der Waals surface area (Å²) in [4.78, 5) is 11.7.